The molecule has 0 aliphatic rings. The Labute approximate surface area is 248 Å². The van der Waals surface area contributed by atoms with Crippen LogP contribution in [-0.4, -0.2) is 42.0 Å². The lowest BCUT2D eigenvalue weighted by atomic mass is 9.90. The van der Waals surface area contributed by atoms with E-state index in [-0.39, 0.29) is 23.9 Å². The van der Waals surface area contributed by atoms with Gasteiger partial charge in [0.15, 0.2) is 0 Å². The van der Waals surface area contributed by atoms with Gasteiger partial charge >= 0.3 is 12.3 Å². The Kier molecular flexibility index (Phi) is 10.9. The molecule has 5 nitrogen and oxygen atoms in total. The fourth-order valence-corrected chi connectivity index (χ4v) is 5.01. The molecule has 0 fully saturated rings. The zero-order chi connectivity index (χ0) is 30.0. The van der Waals surface area contributed by atoms with Crippen molar-refractivity contribution in [2.24, 2.45) is 0 Å². The highest BCUT2D eigenvalue weighted by molar-refractivity contribution is 6.32. The summed E-state index contributed by atoms with van der Waals surface area (Å²) >= 11 is 6.40. The molecule has 0 atom stereocenters. The summed E-state index contributed by atoms with van der Waals surface area (Å²) in [5, 5.41) is 8.98. The molecular formula is C33H31ClF3NO4. The fourth-order valence-electron chi connectivity index (χ4n) is 4.79. The molecule has 0 radical (unpaired) electrons. The maximum Gasteiger partial charge on any atom is 0.573 e. The van der Waals surface area contributed by atoms with Gasteiger partial charge in [0, 0.05) is 25.6 Å². The maximum absolute atomic E-state index is 13.0. The van der Waals surface area contributed by atoms with Crippen molar-refractivity contribution in [1.29, 1.82) is 0 Å². The molecule has 4 rings (SSSR count). The van der Waals surface area contributed by atoms with Crippen molar-refractivity contribution in [2.75, 3.05) is 19.7 Å². The second-order valence-electron chi connectivity index (χ2n) is 9.81. The highest BCUT2D eigenvalue weighted by Crippen LogP contribution is 2.34. The van der Waals surface area contributed by atoms with Gasteiger partial charge in [-0.2, -0.15) is 0 Å². The number of carboxylic acids is 1. The molecule has 4 aromatic rings. The molecule has 9 heteroatoms. The second kappa shape index (κ2) is 14.8. The number of nitrogens with zero attached hydrogens (tertiary/aromatic N) is 1. The summed E-state index contributed by atoms with van der Waals surface area (Å²) in [5.74, 6) is -0.785. The Hall–Kier alpha value is -4.01. The third-order valence-corrected chi connectivity index (χ3v) is 7.08. The predicted octanol–water partition coefficient (Wildman–Crippen LogP) is 7.97. The van der Waals surface area contributed by atoms with E-state index in [0.717, 1.165) is 11.1 Å². The number of halogens is 4. The predicted molar refractivity (Wildman–Crippen MR) is 156 cm³/mol. The molecule has 4 aromatic carbocycles. The van der Waals surface area contributed by atoms with Gasteiger partial charge < -0.3 is 14.6 Å². The van der Waals surface area contributed by atoms with Gasteiger partial charge in [-0.25, -0.2) is 0 Å². The van der Waals surface area contributed by atoms with Crippen molar-refractivity contribution in [3.8, 4) is 11.5 Å². The third-order valence-electron chi connectivity index (χ3n) is 6.65. The van der Waals surface area contributed by atoms with E-state index in [4.69, 9.17) is 21.4 Å². The molecule has 0 amide bonds. The maximum atomic E-state index is 13.0. The second-order valence-corrected chi connectivity index (χ2v) is 10.2. The summed E-state index contributed by atoms with van der Waals surface area (Å²) in [7, 11) is 0. The molecule has 0 aromatic heterocycles. The van der Waals surface area contributed by atoms with Crippen LogP contribution in [0, 0.1) is 0 Å². The molecule has 0 aliphatic heterocycles. The van der Waals surface area contributed by atoms with Crippen molar-refractivity contribution in [2.45, 2.75) is 31.7 Å². The largest absolute Gasteiger partial charge is 0.573 e. The number of ether oxygens (including phenoxy) is 2. The molecule has 220 valence electrons. The lowest BCUT2D eigenvalue weighted by Gasteiger charge is -2.29. The van der Waals surface area contributed by atoms with Gasteiger partial charge in [0.25, 0.3) is 0 Å². The summed E-state index contributed by atoms with van der Waals surface area (Å²) in [6.45, 7) is 1.78. The van der Waals surface area contributed by atoms with Crippen LogP contribution in [0.5, 0.6) is 11.5 Å². The number of rotatable bonds is 14. The Morgan fingerprint density at radius 3 is 2.14 bits per heavy atom. The van der Waals surface area contributed by atoms with Crippen LogP contribution in [0.1, 0.15) is 34.6 Å². The first-order chi connectivity index (χ1) is 20.2. The summed E-state index contributed by atoms with van der Waals surface area (Å²) < 4.78 is 48.9. The summed E-state index contributed by atoms with van der Waals surface area (Å²) in [4.78, 5) is 13.2. The first-order valence-electron chi connectivity index (χ1n) is 13.5. The lowest BCUT2D eigenvalue weighted by molar-refractivity contribution is -0.274. The number of hydrogen-bond donors (Lipinski definition) is 1. The topological polar surface area (TPSA) is 59.0 Å². The lowest BCUT2D eigenvalue weighted by Crippen LogP contribution is -2.31. The van der Waals surface area contributed by atoms with E-state index in [0.29, 0.717) is 43.0 Å². The number of hydrogen-bond acceptors (Lipinski definition) is 4. The molecule has 0 saturated carbocycles. The number of alkyl halides is 3. The minimum absolute atomic E-state index is 0.00518. The van der Waals surface area contributed by atoms with E-state index in [1.54, 1.807) is 30.3 Å². The highest BCUT2D eigenvalue weighted by Gasteiger charge is 2.32. The monoisotopic (exact) mass is 597 g/mol. The van der Waals surface area contributed by atoms with E-state index in [9.17, 15) is 18.0 Å². The minimum atomic E-state index is -4.85. The molecule has 0 aliphatic carbocycles. The van der Waals surface area contributed by atoms with Gasteiger partial charge in [0.2, 0.25) is 0 Å². The molecule has 42 heavy (non-hydrogen) atoms. The van der Waals surface area contributed by atoms with Crippen LogP contribution in [0.2, 0.25) is 5.02 Å². The van der Waals surface area contributed by atoms with Crippen LogP contribution >= 0.6 is 11.6 Å². The number of benzene rings is 4. The van der Waals surface area contributed by atoms with Crippen molar-refractivity contribution < 1.29 is 32.5 Å². The van der Waals surface area contributed by atoms with Crippen LogP contribution in [0.3, 0.4) is 0 Å². The molecule has 0 bridgehead atoms. The summed E-state index contributed by atoms with van der Waals surface area (Å²) in [6, 6.07) is 31.5. The van der Waals surface area contributed by atoms with Gasteiger partial charge in [-0.3, -0.25) is 9.69 Å². The normalized spacial score (nSPS) is 11.6. The van der Waals surface area contributed by atoms with Crippen molar-refractivity contribution in [1.82, 2.24) is 4.90 Å². The first kappa shape index (κ1) is 30.9. The van der Waals surface area contributed by atoms with Gasteiger partial charge in [-0.05, 0) is 46.9 Å². The average molecular weight is 598 g/mol. The molecular weight excluding hydrogens is 567 g/mol. The van der Waals surface area contributed by atoms with Gasteiger partial charge in [-0.15, -0.1) is 13.2 Å². The summed E-state index contributed by atoms with van der Waals surface area (Å²) in [5.41, 5.74) is 3.38. The average Bonchev–Trinajstić information content (AvgIpc) is 2.96. The highest BCUT2D eigenvalue weighted by atomic mass is 35.5. The van der Waals surface area contributed by atoms with Crippen LogP contribution in [0.25, 0.3) is 0 Å². The molecule has 0 saturated heterocycles. The van der Waals surface area contributed by atoms with Crippen LogP contribution in [0.15, 0.2) is 103 Å². The summed E-state index contributed by atoms with van der Waals surface area (Å²) in [6.07, 6.45) is -4.34. The van der Waals surface area contributed by atoms with E-state index in [1.165, 1.54) is 12.1 Å². The van der Waals surface area contributed by atoms with Crippen LogP contribution in [-0.2, 0) is 17.8 Å². The number of aliphatic carboxylic acids is 1. The van der Waals surface area contributed by atoms with Crippen molar-refractivity contribution >= 4 is 17.6 Å². The quantitative estimate of drug-likeness (QED) is 0.149. The van der Waals surface area contributed by atoms with E-state index >= 15 is 0 Å². The Morgan fingerprint density at radius 1 is 0.881 bits per heavy atom. The van der Waals surface area contributed by atoms with Crippen LogP contribution in [0.4, 0.5) is 13.2 Å². The van der Waals surface area contributed by atoms with E-state index in [1.807, 2.05) is 36.4 Å². The Morgan fingerprint density at radius 2 is 1.52 bits per heavy atom. The van der Waals surface area contributed by atoms with Gasteiger partial charge in [-0.1, -0.05) is 96.5 Å². The van der Waals surface area contributed by atoms with E-state index in [2.05, 4.69) is 33.9 Å². The minimum Gasteiger partial charge on any atom is -0.494 e. The van der Waals surface area contributed by atoms with Gasteiger partial charge in [0.05, 0.1) is 18.1 Å². The standard InChI is InChI=1S/C33H31ClF3NO4/c34-32-27(15-8-17-30(32)42-33(35,36)37)22-38(18-9-19-41-28-16-7-10-24(20-28)21-31(39)40)23-29(25-11-3-1-4-12-25)26-13-5-2-6-14-26/h1-8,10-17,20,29H,9,18-19,21-23H2,(H,39,40). The van der Waals surface area contributed by atoms with Gasteiger partial charge in [0.1, 0.15) is 11.5 Å². The molecule has 0 heterocycles. The van der Waals surface area contributed by atoms with E-state index < -0.39 is 18.1 Å². The zero-order valence-electron chi connectivity index (χ0n) is 22.8. The molecule has 1 N–H and O–H groups in total. The molecule has 0 spiro atoms. The fraction of sp³-hybridized carbons (Fsp3) is 0.242. The first-order valence-corrected chi connectivity index (χ1v) is 13.8. The Balaban J connectivity index is 1.54. The number of carboxylic acid groups (broad SMARTS) is 1. The zero-order valence-corrected chi connectivity index (χ0v) is 23.5. The van der Waals surface area contributed by atoms with Crippen molar-refractivity contribution in [3.63, 3.8) is 0 Å². The smallest absolute Gasteiger partial charge is 0.494 e. The molecule has 0 unspecified atom stereocenters. The SMILES string of the molecule is O=C(O)Cc1cccc(OCCCN(Cc2cccc(OC(F)(F)F)c2Cl)CC(c2ccccc2)c2ccccc2)c1. The Bertz CT molecular complexity index is 1390. The third kappa shape index (κ3) is 9.53. The van der Waals surface area contributed by atoms with Crippen molar-refractivity contribution in [3.05, 3.63) is 130 Å². The van der Waals surface area contributed by atoms with Crippen LogP contribution < -0.4 is 9.47 Å². The number of carbonyl (C=O) groups is 1.